The first-order valence-corrected chi connectivity index (χ1v) is 9.75. The maximum Gasteiger partial charge on any atom is 0.267 e. The minimum atomic E-state index is -0.562. The predicted octanol–water partition coefficient (Wildman–Crippen LogP) is 1.73. The summed E-state index contributed by atoms with van der Waals surface area (Å²) in [5.74, 6) is -0.214. The Balaban J connectivity index is 1.66. The van der Waals surface area contributed by atoms with E-state index in [1.807, 2.05) is 25.1 Å². The summed E-state index contributed by atoms with van der Waals surface area (Å²) >= 11 is 0. The molecule has 3 amide bonds. The third-order valence-corrected chi connectivity index (χ3v) is 4.67. The molecule has 2 aromatic carbocycles. The number of carbonyl (C=O) groups excluding carboxylic acids is 3. The topological polar surface area (TPSA) is 91.0 Å². The van der Waals surface area contributed by atoms with Crippen molar-refractivity contribution in [2.45, 2.75) is 13.0 Å². The van der Waals surface area contributed by atoms with E-state index in [4.69, 9.17) is 4.74 Å². The molecule has 158 valence electrons. The van der Waals surface area contributed by atoms with Crippen LogP contribution in [0.5, 0.6) is 5.75 Å². The van der Waals surface area contributed by atoms with E-state index in [9.17, 15) is 14.4 Å². The van der Waals surface area contributed by atoms with E-state index in [1.165, 1.54) is 0 Å². The zero-order valence-electron chi connectivity index (χ0n) is 17.3. The number of fused-ring (bicyclic) bond motifs is 1. The molecule has 0 saturated heterocycles. The summed E-state index contributed by atoms with van der Waals surface area (Å²) in [6.07, 6.45) is -0.562. The van der Waals surface area contributed by atoms with Gasteiger partial charge in [-0.05, 0) is 51.4 Å². The van der Waals surface area contributed by atoms with Crippen LogP contribution in [-0.4, -0.2) is 62.5 Å². The second-order valence-corrected chi connectivity index (χ2v) is 7.33. The Morgan fingerprint density at radius 1 is 1.13 bits per heavy atom. The van der Waals surface area contributed by atoms with Crippen LogP contribution in [0.4, 0.5) is 11.4 Å². The number of likely N-dealkylation sites (N-methyl/N-ethyl adjacent to an activating group) is 1. The summed E-state index contributed by atoms with van der Waals surface area (Å²) in [6, 6.07) is 13.8. The number of rotatable bonds is 7. The standard InChI is InChI=1S/C22H26N4O4/c1-15-22(29)26(12-11-25(2)3)18-13-17(9-10-19(18)30-15)24-20(27)14-23-21(28)16-7-5-4-6-8-16/h4-10,13,15H,11-12,14H2,1-3H3,(H,23,28)(H,24,27). The van der Waals surface area contributed by atoms with E-state index >= 15 is 0 Å². The van der Waals surface area contributed by atoms with Crippen molar-refractivity contribution in [1.82, 2.24) is 10.2 Å². The van der Waals surface area contributed by atoms with Crippen LogP contribution < -0.4 is 20.3 Å². The molecule has 0 radical (unpaired) electrons. The maximum atomic E-state index is 12.6. The lowest BCUT2D eigenvalue weighted by molar-refractivity contribution is -0.125. The van der Waals surface area contributed by atoms with E-state index in [0.29, 0.717) is 35.8 Å². The molecule has 2 N–H and O–H groups in total. The van der Waals surface area contributed by atoms with E-state index in [-0.39, 0.29) is 24.3 Å². The highest BCUT2D eigenvalue weighted by Gasteiger charge is 2.31. The number of hydrogen-bond acceptors (Lipinski definition) is 5. The van der Waals surface area contributed by atoms with Crippen molar-refractivity contribution in [2.24, 2.45) is 0 Å². The van der Waals surface area contributed by atoms with Crippen LogP contribution in [0, 0.1) is 0 Å². The molecular formula is C22H26N4O4. The molecule has 8 nitrogen and oxygen atoms in total. The minimum Gasteiger partial charge on any atom is -0.479 e. The first-order chi connectivity index (χ1) is 14.3. The van der Waals surface area contributed by atoms with E-state index < -0.39 is 6.10 Å². The Morgan fingerprint density at radius 3 is 2.57 bits per heavy atom. The number of anilines is 2. The summed E-state index contributed by atoms with van der Waals surface area (Å²) in [4.78, 5) is 40.6. The number of carbonyl (C=O) groups is 3. The zero-order valence-corrected chi connectivity index (χ0v) is 17.3. The van der Waals surface area contributed by atoms with Gasteiger partial charge >= 0.3 is 0 Å². The number of benzene rings is 2. The van der Waals surface area contributed by atoms with Crippen LogP contribution in [0.25, 0.3) is 0 Å². The van der Waals surface area contributed by atoms with Crippen LogP contribution in [-0.2, 0) is 9.59 Å². The number of nitrogens with zero attached hydrogens (tertiary/aromatic N) is 2. The number of nitrogens with one attached hydrogen (secondary N) is 2. The maximum absolute atomic E-state index is 12.6. The lowest BCUT2D eigenvalue weighted by atomic mass is 10.1. The van der Waals surface area contributed by atoms with Gasteiger partial charge in [-0.2, -0.15) is 0 Å². The highest BCUT2D eigenvalue weighted by atomic mass is 16.5. The lowest BCUT2D eigenvalue weighted by Crippen LogP contribution is -2.46. The summed E-state index contributed by atoms with van der Waals surface area (Å²) in [5.41, 5.74) is 1.62. The van der Waals surface area contributed by atoms with Crippen molar-refractivity contribution < 1.29 is 19.1 Å². The van der Waals surface area contributed by atoms with E-state index in [0.717, 1.165) is 0 Å². The molecule has 0 bridgehead atoms. The molecule has 0 aliphatic carbocycles. The second-order valence-electron chi connectivity index (χ2n) is 7.33. The predicted molar refractivity (Wildman–Crippen MR) is 115 cm³/mol. The summed E-state index contributed by atoms with van der Waals surface area (Å²) in [7, 11) is 3.88. The van der Waals surface area contributed by atoms with Crippen LogP contribution >= 0.6 is 0 Å². The van der Waals surface area contributed by atoms with Crippen molar-refractivity contribution in [3.05, 3.63) is 54.1 Å². The molecule has 3 rings (SSSR count). The van der Waals surface area contributed by atoms with Gasteiger partial charge in [0.1, 0.15) is 5.75 Å². The molecular weight excluding hydrogens is 384 g/mol. The Morgan fingerprint density at radius 2 is 1.87 bits per heavy atom. The molecule has 0 aromatic heterocycles. The van der Waals surface area contributed by atoms with Gasteiger partial charge in [0.2, 0.25) is 5.91 Å². The van der Waals surface area contributed by atoms with Crippen LogP contribution in [0.3, 0.4) is 0 Å². The van der Waals surface area contributed by atoms with Gasteiger partial charge in [0.15, 0.2) is 6.10 Å². The molecule has 1 aliphatic heterocycles. The van der Waals surface area contributed by atoms with E-state index in [1.54, 1.807) is 54.3 Å². The molecule has 1 heterocycles. The monoisotopic (exact) mass is 410 g/mol. The molecule has 30 heavy (non-hydrogen) atoms. The average Bonchev–Trinajstić information content (AvgIpc) is 2.73. The van der Waals surface area contributed by atoms with Crippen molar-refractivity contribution in [1.29, 1.82) is 0 Å². The molecule has 0 fully saturated rings. The normalized spacial score (nSPS) is 15.4. The van der Waals surface area contributed by atoms with Crippen molar-refractivity contribution in [3.8, 4) is 5.75 Å². The SMILES string of the molecule is CC1Oc2ccc(NC(=O)CNC(=O)c3ccccc3)cc2N(CCN(C)C)C1=O. The summed E-state index contributed by atoms with van der Waals surface area (Å²) in [6.45, 7) is 2.76. The lowest BCUT2D eigenvalue weighted by Gasteiger charge is -2.34. The van der Waals surface area contributed by atoms with Gasteiger partial charge in [-0.3, -0.25) is 14.4 Å². The Kier molecular flexibility index (Phi) is 6.68. The van der Waals surface area contributed by atoms with Gasteiger partial charge in [0.25, 0.3) is 11.8 Å². The summed E-state index contributed by atoms with van der Waals surface area (Å²) < 4.78 is 5.69. The van der Waals surface area contributed by atoms with E-state index in [2.05, 4.69) is 10.6 Å². The van der Waals surface area contributed by atoms with Gasteiger partial charge in [-0.25, -0.2) is 0 Å². The van der Waals surface area contributed by atoms with Gasteiger partial charge in [-0.1, -0.05) is 18.2 Å². The third-order valence-electron chi connectivity index (χ3n) is 4.67. The quantitative estimate of drug-likeness (QED) is 0.726. The molecule has 1 atom stereocenters. The number of hydrogen-bond donors (Lipinski definition) is 2. The van der Waals surface area contributed by atoms with Crippen LogP contribution in [0.2, 0.25) is 0 Å². The fraction of sp³-hybridized carbons (Fsp3) is 0.318. The van der Waals surface area contributed by atoms with Gasteiger partial charge in [-0.15, -0.1) is 0 Å². The van der Waals surface area contributed by atoms with Crippen molar-refractivity contribution in [3.63, 3.8) is 0 Å². The highest BCUT2D eigenvalue weighted by Crippen LogP contribution is 2.36. The van der Waals surface area contributed by atoms with Gasteiger partial charge in [0.05, 0.1) is 12.2 Å². The van der Waals surface area contributed by atoms with Gasteiger partial charge in [0, 0.05) is 24.3 Å². The van der Waals surface area contributed by atoms with Crippen molar-refractivity contribution >= 4 is 29.1 Å². The Hall–Kier alpha value is -3.39. The number of amides is 3. The minimum absolute atomic E-state index is 0.122. The van der Waals surface area contributed by atoms with Crippen LogP contribution in [0.15, 0.2) is 48.5 Å². The molecule has 2 aromatic rings. The molecule has 1 unspecified atom stereocenters. The molecule has 0 saturated carbocycles. The largest absolute Gasteiger partial charge is 0.479 e. The fourth-order valence-electron chi connectivity index (χ4n) is 3.07. The first-order valence-electron chi connectivity index (χ1n) is 9.75. The Bertz CT molecular complexity index is 930. The fourth-order valence-corrected chi connectivity index (χ4v) is 3.07. The second kappa shape index (κ2) is 9.41. The molecule has 0 spiro atoms. The smallest absolute Gasteiger partial charge is 0.267 e. The third kappa shape index (κ3) is 5.15. The average molecular weight is 410 g/mol. The molecule has 8 heteroatoms. The van der Waals surface area contributed by atoms with Crippen LogP contribution in [0.1, 0.15) is 17.3 Å². The van der Waals surface area contributed by atoms with Gasteiger partial charge < -0.3 is 25.2 Å². The molecule has 1 aliphatic rings. The van der Waals surface area contributed by atoms with Crippen molar-refractivity contribution in [2.75, 3.05) is 43.9 Å². The Labute approximate surface area is 175 Å². The summed E-state index contributed by atoms with van der Waals surface area (Å²) in [5, 5.41) is 5.34. The number of ether oxygens (including phenoxy) is 1. The zero-order chi connectivity index (χ0) is 21.7. The first kappa shape index (κ1) is 21.3. The highest BCUT2D eigenvalue weighted by molar-refractivity contribution is 6.02.